The summed E-state index contributed by atoms with van der Waals surface area (Å²) in [6.07, 6.45) is 2.69. The molecule has 0 radical (unpaired) electrons. The van der Waals surface area contributed by atoms with Crippen molar-refractivity contribution in [2.45, 2.75) is 17.7 Å². The molecule has 1 aliphatic heterocycles. The summed E-state index contributed by atoms with van der Waals surface area (Å²) in [6.45, 7) is 0.560. The topological polar surface area (TPSA) is 104 Å². The van der Waals surface area contributed by atoms with Gasteiger partial charge in [0.05, 0.1) is 16.8 Å². The van der Waals surface area contributed by atoms with Crippen molar-refractivity contribution in [3.8, 4) is 0 Å². The second kappa shape index (κ2) is 8.93. The molecule has 0 saturated carbocycles. The third kappa shape index (κ3) is 5.31. The van der Waals surface area contributed by atoms with E-state index in [4.69, 9.17) is 11.6 Å². The molecule has 1 N–H and O–H groups in total. The van der Waals surface area contributed by atoms with Crippen molar-refractivity contribution >= 4 is 48.9 Å². The number of rotatable bonds is 7. The average molecular weight is 472 g/mol. The van der Waals surface area contributed by atoms with Gasteiger partial charge in [-0.05, 0) is 55.3 Å². The van der Waals surface area contributed by atoms with Crippen molar-refractivity contribution in [3.05, 3.63) is 53.6 Å². The van der Waals surface area contributed by atoms with Crippen LogP contribution in [0.2, 0.25) is 5.02 Å². The Bertz CT molecular complexity index is 1130. The van der Waals surface area contributed by atoms with Gasteiger partial charge in [-0.1, -0.05) is 17.7 Å². The van der Waals surface area contributed by atoms with Crippen LogP contribution in [0.5, 0.6) is 0 Å². The van der Waals surface area contributed by atoms with Gasteiger partial charge in [0.2, 0.25) is 26.0 Å². The van der Waals surface area contributed by atoms with Crippen LogP contribution in [-0.4, -0.2) is 52.9 Å². The third-order valence-corrected chi connectivity index (χ3v) is 7.91. The van der Waals surface area contributed by atoms with E-state index in [1.165, 1.54) is 40.7 Å². The SMILES string of the molecule is CS(=O)(=O)N(CC(=O)Nc1ccc(S(=O)(=O)N2CCCC2)cc1)c1cccc(Cl)c1. The van der Waals surface area contributed by atoms with E-state index in [-0.39, 0.29) is 10.6 Å². The van der Waals surface area contributed by atoms with Gasteiger partial charge in [-0.3, -0.25) is 9.10 Å². The molecule has 1 fully saturated rings. The van der Waals surface area contributed by atoms with Crippen LogP contribution in [0.1, 0.15) is 12.8 Å². The van der Waals surface area contributed by atoms with Crippen LogP contribution in [-0.2, 0) is 24.8 Å². The molecule has 1 aliphatic rings. The Kier molecular flexibility index (Phi) is 6.71. The molecule has 0 unspecified atom stereocenters. The lowest BCUT2D eigenvalue weighted by Gasteiger charge is -2.22. The molecule has 30 heavy (non-hydrogen) atoms. The van der Waals surface area contributed by atoms with E-state index < -0.39 is 32.5 Å². The largest absolute Gasteiger partial charge is 0.325 e. The highest BCUT2D eigenvalue weighted by Gasteiger charge is 2.27. The Labute approximate surface area is 181 Å². The standard InChI is InChI=1S/C19H22ClN3O5S2/c1-29(25,26)23(17-6-4-5-15(20)13-17)14-19(24)21-16-7-9-18(10-8-16)30(27,28)22-11-2-3-12-22/h4-10,13H,2-3,11-12,14H2,1H3,(H,21,24). The summed E-state index contributed by atoms with van der Waals surface area (Å²) in [4.78, 5) is 12.6. The number of hydrogen-bond acceptors (Lipinski definition) is 5. The van der Waals surface area contributed by atoms with Gasteiger partial charge >= 0.3 is 0 Å². The number of benzene rings is 2. The Balaban J connectivity index is 1.72. The summed E-state index contributed by atoms with van der Waals surface area (Å²) in [7, 11) is -7.27. The molecule has 1 heterocycles. The molecule has 0 atom stereocenters. The summed E-state index contributed by atoms with van der Waals surface area (Å²) in [6, 6.07) is 12.0. The fourth-order valence-electron chi connectivity index (χ4n) is 3.15. The first-order valence-corrected chi connectivity index (χ1v) is 12.9. The van der Waals surface area contributed by atoms with Crippen LogP contribution in [0.25, 0.3) is 0 Å². The molecule has 2 aromatic carbocycles. The number of anilines is 2. The fraction of sp³-hybridized carbons (Fsp3) is 0.316. The van der Waals surface area contributed by atoms with Crippen molar-refractivity contribution in [1.29, 1.82) is 0 Å². The Hall–Kier alpha value is -2.14. The molecule has 0 spiro atoms. The average Bonchev–Trinajstić information content (AvgIpc) is 3.21. The molecule has 3 rings (SSSR count). The van der Waals surface area contributed by atoms with E-state index in [9.17, 15) is 21.6 Å². The van der Waals surface area contributed by atoms with Gasteiger partial charge in [0.1, 0.15) is 6.54 Å². The molecular weight excluding hydrogens is 450 g/mol. The minimum Gasteiger partial charge on any atom is -0.325 e. The van der Waals surface area contributed by atoms with Crippen LogP contribution in [0, 0.1) is 0 Å². The maximum absolute atomic E-state index is 12.6. The molecule has 11 heteroatoms. The van der Waals surface area contributed by atoms with Crippen LogP contribution >= 0.6 is 11.6 Å². The van der Waals surface area contributed by atoms with Gasteiger partial charge in [0.25, 0.3) is 0 Å². The summed E-state index contributed by atoms with van der Waals surface area (Å²) in [5.41, 5.74) is 0.632. The minimum absolute atomic E-state index is 0.152. The quantitative estimate of drug-likeness (QED) is 0.668. The van der Waals surface area contributed by atoms with E-state index in [2.05, 4.69) is 5.32 Å². The van der Waals surface area contributed by atoms with Crippen LogP contribution < -0.4 is 9.62 Å². The first kappa shape index (κ1) is 22.5. The zero-order chi connectivity index (χ0) is 21.9. The van der Waals surface area contributed by atoms with Crippen LogP contribution in [0.15, 0.2) is 53.4 Å². The third-order valence-electron chi connectivity index (χ3n) is 4.62. The highest BCUT2D eigenvalue weighted by atomic mass is 35.5. The zero-order valence-electron chi connectivity index (χ0n) is 16.3. The maximum Gasteiger partial charge on any atom is 0.245 e. The van der Waals surface area contributed by atoms with Crippen LogP contribution in [0.3, 0.4) is 0 Å². The Morgan fingerprint density at radius 2 is 1.70 bits per heavy atom. The summed E-state index contributed by atoms with van der Waals surface area (Å²) >= 11 is 5.93. The van der Waals surface area contributed by atoms with Crippen molar-refractivity contribution in [2.75, 3.05) is 35.5 Å². The Morgan fingerprint density at radius 3 is 2.27 bits per heavy atom. The van der Waals surface area contributed by atoms with Crippen molar-refractivity contribution < 1.29 is 21.6 Å². The number of hydrogen-bond donors (Lipinski definition) is 1. The predicted octanol–water partition coefficient (Wildman–Crippen LogP) is 2.53. The lowest BCUT2D eigenvalue weighted by atomic mass is 10.3. The summed E-state index contributed by atoms with van der Waals surface area (Å²) in [5.74, 6) is -0.574. The van der Waals surface area contributed by atoms with Gasteiger partial charge in [-0.25, -0.2) is 16.8 Å². The van der Waals surface area contributed by atoms with Gasteiger partial charge in [-0.2, -0.15) is 4.31 Å². The summed E-state index contributed by atoms with van der Waals surface area (Å²) < 4.78 is 51.8. The number of sulfonamides is 2. The second-order valence-electron chi connectivity index (χ2n) is 6.93. The van der Waals surface area contributed by atoms with Crippen molar-refractivity contribution in [1.82, 2.24) is 4.31 Å². The number of nitrogens with zero attached hydrogens (tertiary/aromatic N) is 2. The highest BCUT2D eigenvalue weighted by molar-refractivity contribution is 7.92. The van der Waals surface area contributed by atoms with Gasteiger partial charge in [0.15, 0.2) is 0 Å². The highest BCUT2D eigenvalue weighted by Crippen LogP contribution is 2.23. The molecule has 1 saturated heterocycles. The Morgan fingerprint density at radius 1 is 1.07 bits per heavy atom. The van der Waals surface area contributed by atoms with E-state index in [0.717, 1.165) is 23.4 Å². The summed E-state index contributed by atoms with van der Waals surface area (Å²) in [5, 5.41) is 2.93. The van der Waals surface area contributed by atoms with Gasteiger partial charge < -0.3 is 5.32 Å². The molecule has 0 aliphatic carbocycles. The molecule has 0 aromatic heterocycles. The molecule has 8 nitrogen and oxygen atoms in total. The van der Waals surface area contributed by atoms with E-state index in [0.29, 0.717) is 23.8 Å². The normalized spacial score (nSPS) is 15.1. The number of amides is 1. The fourth-order valence-corrected chi connectivity index (χ4v) is 5.70. The smallest absolute Gasteiger partial charge is 0.245 e. The first-order valence-electron chi connectivity index (χ1n) is 9.21. The van der Waals surface area contributed by atoms with Crippen molar-refractivity contribution in [3.63, 3.8) is 0 Å². The van der Waals surface area contributed by atoms with E-state index in [1.54, 1.807) is 12.1 Å². The first-order chi connectivity index (χ1) is 14.1. The lowest BCUT2D eigenvalue weighted by Crippen LogP contribution is -2.37. The zero-order valence-corrected chi connectivity index (χ0v) is 18.7. The van der Waals surface area contributed by atoms with Gasteiger partial charge in [-0.15, -0.1) is 0 Å². The van der Waals surface area contributed by atoms with E-state index >= 15 is 0 Å². The number of nitrogens with one attached hydrogen (secondary N) is 1. The predicted molar refractivity (Wildman–Crippen MR) is 117 cm³/mol. The lowest BCUT2D eigenvalue weighted by molar-refractivity contribution is -0.114. The number of carbonyl (C=O) groups excluding carboxylic acids is 1. The van der Waals surface area contributed by atoms with Gasteiger partial charge in [0, 0.05) is 23.8 Å². The second-order valence-corrected chi connectivity index (χ2v) is 11.2. The number of halogens is 1. The number of carbonyl (C=O) groups is 1. The van der Waals surface area contributed by atoms with Crippen LogP contribution in [0.4, 0.5) is 11.4 Å². The van der Waals surface area contributed by atoms with E-state index in [1.807, 2.05) is 0 Å². The molecule has 162 valence electrons. The molecule has 0 bridgehead atoms. The molecule has 1 amide bonds. The van der Waals surface area contributed by atoms with Crippen molar-refractivity contribution in [2.24, 2.45) is 0 Å². The minimum atomic E-state index is -3.73. The maximum atomic E-state index is 12.6. The molecule has 2 aromatic rings. The monoisotopic (exact) mass is 471 g/mol. The molecular formula is C19H22ClN3O5S2.